The minimum Gasteiger partial charge on any atom is -0.342 e. The predicted molar refractivity (Wildman–Crippen MR) is 153 cm³/mol. The molecule has 1 amide bonds. The van der Waals surface area contributed by atoms with E-state index in [1.165, 1.54) is 22.9 Å². The van der Waals surface area contributed by atoms with Crippen LogP contribution >= 0.6 is 23.4 Å². The Hall–Kier alpha value is -3.28. The highest BCUT2D eigenvalue weighted by Gasteiger charge is 2.36. The molecule has 3 aromatic carbocycles. The molecule has 1 aromatic heterocycles. The number of halogens is 1. The van der Waals surface area contributed by atoms with Crippen molar-refractivity contribution >= 4 is 57.1 Å². The number of fused-ring (bicyclic) bond motifs is 1. The summed E-state index contributed by atoms with van der Waals surface area (Å²) < 4.78 is 2.22. The van der Waals surface area contributed by atoms with Crippen LogP contribution in [0.15, 0.2) is 88.9 Å². The molecule has 0 unspecified atom stereocenters. The summed E-state index contributed by atoms with van der Waals surface area (Å²) in [5.41, 5.74) is 5.35. The zero-order chi connectivity index (χ0) is 25.2. The van der Waals surface area contributed by atoms with Gasteiger partial charge in [-0.25, -0.2) is 4.99 Å². The first-order valence-corrected chi connectivity index (χ1v) is 13.3. The van der Waals surface area contributed by atoms with E-state index < -0.39 is 0 Å². The lowest BCUT2D eigenvalue weighted by atomic mass is 10.1. The van der Waals surface area contributed by atoms with Crippen molar-refractivity contribution in [2.24, 2.45) is 4.99 Å². The number of carbonyl (C=O) groups is 1. The predicted octanol–water partition coefficient (Wildman–Crippen LogP) is 8.05. The van der Waals surface area contributed by atoms with Crippen LogP contribution in [0.2, 0.25) is 5.02 Å². The van der Waals surface area contributed by atoms with Gasteiger partial charge in [-0.1, -0.05) is 66.6 Å². The lowest BCUT2D eigenvalue weighted by Crippen LogP contribution is -2.36. The average molecular weight is 514 g/mol. The number of aliphatic imine (C=N–C) groups is 1. The molecule has 0 bridgehead atoms. The van der Waals surface area contributed by atoms with Crippen molar-refractivity contribution in [3.05, 3.63) is 106 Å². The molecule has 0 saturated carbocycles. The molecule has 1 aliphatic rings. The molecular formula is C30H28ClN3OS. The lowest BCUT2D eigenvalue weighted by Gasteiger charge is -2.22. The van der Waals surface area contributed by atoms with Crippen molar-refractivity contribution in [1.29, 1.82) is 0 Å². The Bertz CT molecular complexity index is 1470. The molecule has 0 radical (unpaired) electrons. The molecule has 1 saturated heterocycles. The highest BCUT2D eigenvalue weighted by Crippen LogP contribution is 2.37. The fourth-order valence-corrected chi connectivity index (χ4v) is 5.52. The highest BCUT2D eigenvalue weighted by atomic mass is 35.5. The summed E-state index contributed by atoms with van der Waals surface area (Å²) in [5.74, 6) is 0.00902. The van der Waals surface area contributed by atoms with E-state index in [0.29, 0.717) is 4.91 Å². The van der Waals surface area contributed by atoms with Crippen LogP contribution < -0.4 is 0 Å². The molecule has 4 aromatic rings. The van der Waals surface area contributed by atoms with Gasteiger partial charge >= 0.3 is 0 Å². The van der Waals surface area contributed by atoms with Crippen LogP contribution in [0.25, 0.3) is 17.0 Å². The minimum absolute atomic E-state index is 0.00902. The van der Waals surface area contributed by atoms with E-state index in [1.807, 2.05) is 71.6 Å². The monoisotopic (exact) mass is 513 g/mol. The van der Waals surface area contributed by atoms with Gasteiger partial charge in [0.05, 0.1) is 10.6 Å². The molecule has 0 spiro atoms. The first-order valence-electron chi connectivity index (χ1n) is 12.1. The number of amides is 1. The standard InChI is InChI=1S/C30H28ClN3OS/c1-4-21(3)34-29(35)28(36-30(34)32-25-15-9-20(2)10-16-25)17-23-19-33(27-8-6-5-7-26(23)27)18-22-11-13-24(31)14-12-22/h5-17,19,21H,4,18H2,1-3H3/b28-17+,32-30?/t21-/m1/s1. The summed E-state index contributed by atoms with van der Waals surface area (Å²) in [7, 11) is 0. The van der Waals surface area contributed by atoms with Gasteiger partial charge in [0.25, 0.3) is 5.91 Å². The zero-order valence-electron chi connectivity index (χ0n) is 20.6. The Labute approximate surface area is 221 Å². The first-order chi connectivity index (χ1) is 17.4. The fourth-order valence-electron chi connectivity index (χ4n) is 4.31. The third-order valence-corrected chi connectivity index (χ3v) is 7.73. The summed E-state index contributed by atoms with van der Waals surface area (Å²) in [5, 5.41) is 2.58. The molecule has 1 fully saturated rings. The van der Waals surface area contributed by atoms with Crippen molar-refractivity contribution in [2.75, 3.05) is 0 Å². The van der Waals surface area contributed by atoms with Crippen molar-refractivity contribution in [3.8, 4) is 0 Å². The van der Waals surface area contributed by atoms with Crippen LogP contribution in [0.5, 0.6) is 0 Å². The molecule has 182 valence electrons. The Morgan fingerprint density at radius 3 is 2.47 bits per heavy atom. The van der Waals surface area contributed by atoms with Gasteiger partial charge in [0.1, 0.15) is 0 Å². The third-order valence-electron chi connectivity index (χ3n) is 6.50. The van der Waals surface area contributed by atoms with Gasteiger partial charge in [-0.05, 0) is 74.0 Å². The van der Waals surface area contributed by atoms with Crippen LogP contribution in [-0.2, 0) is 11.3 Å². The average Bonchev–Trinajstić information content (AvgIpc) is 3.38. The first kappa shape index (κ1) is 24.4. The van der Waals surface area contributed by atoms with E-state index in [2.05, 4.69) is 43.7 Å². The number of hydrogen-bond acceptors (Lipinski definition) is 3. The van der Waals surface area contributed by atoms with Crippen LogP contribution in [0.4, 0.5) is 5.69 Å². The molecular weight excluding hydrogens is 486 g/mol. The summed E-state index contributed by atoms with van der Waals surface area (Å²) >= 11 is 7.53. The number of thioether (sulfide) groups is 1. The third kappa shape index (κ3) is 4.99. The van der Waals surface area contributed by atoms with Gasteiger partial charge in [0.15, 0.2) is 5.17 Å². The second kappa shape index (κ2) is 10.4. The molecule has 36 heavy (non-hydrogen) atoms. The summed E-state index contributed by atoms with van der Waals surface area (Å²) in [4.78, 5) is 20.9. The molecule has 4 nitrogen and oxygen atoms in total. The zero-order valence-corrected chi connectivity index (χ0v) is 22.2. The quantitative estimate of drug-likeness (QED) is 0.244. The van der Waals surface area contributed by atoms with E-state index in [0.717, 1.165) is 45.3 Å². The summed E-state index contributed by atoms with van der Waals surface area (Å²) in [6, 6.07) is 24.4. The second-order valence-electron chi connectivity index (χ2n) is 9.13. The number of para-hydroxylation sites is 1. The van der Waals surface area contributed by atoms with Crippen molar-refractivity contribution < 1.29 is 4.79 Å². The van der Waals surface area contributed by atoms with E-state index in [1.54, 1.807) is 0 Å². The highest BCUT2D eigenvalue weighted by molar-refractivity contribution is 8.18. The summed E-state index contributed by atoms with van der Waals surface area (Å²) in [6.45, 7) is 6.95. The normalized spacial score (nSPS) is 17.0. The van der Waals surface area contributed by atoms with Crippen molar-refractivity contribution in [2.45, 2.75) is 39.8 Å². The Balaban J connectivity index is 1.53. The smallest absolute Gasteiger partial charge is 0.267 e. The largest absolute Gasteiger partial charge is 0.342 e. The van der Waals surface area contributed by atoms with Crippen molar-refractivity contribution in [3.63, 3.8) is 0 Å². The number of amidine groups is 1. The minimum atomic E-state index is 0.00902. The van der Waals surface area contributed by atoms with Crippen LogP contribution in [0.3, 0.4) is 0 Å². The maximum Gasteiger partial charge on any atom is 0.267 e. The van der Waals surface area contributed by atoms with Gasteiger partial charge in [0, 0.05) is 40.3 Å². The fraction of sp³-hybridized carbons (Fsp3) is 0.200. The van der Waals surface area contributed by atoms with Crippen LogP contribution in [-0.4, -0.2) is 26.6 Å². The maximum atomic E-state index is 13.6. The summed E-state index contributed by atoms with van der Waals surface area (Å²) in [6.07, 6.45) is 5.00. The lowest BCUT2D eigenvalue weighted by molar-refractivity contribution is -0.123. The number of nitrogens with zero attached hydrogens (tertiary/aromatic N) is 3. The van der Waals surface area contributed by atoms with Crippen molar-refractivity contribution in [1.82, 2.24) is 9.47 Å². The molecule has 0 N–H and O–H groups in total. The van der Waals surface area contributed by atoms with E-state index >= 15 is 0 Å². The van der Waals surface area contributed by atoms with Gasteiger partial charge in [-0.3, -0.25) is 9.69 Å². The number of carbonyl (C=O) groups excluding carboxylic acids is 1. The van der Waals surface area contributed by atoms with Gasteiger partial charge in [0.2, 0.25) is 0 Å². The molecule has 6 heteroatoms. The topological polar surface area (TPSA) is 37.6 Å². The van der Waals surface area contributed by atoms with Gasteiger partial charge in [-0.15, -0.1) is 0 Å². The van der Waals surface area contributed by atoms with Crippen LogP contribution in [0.1, 0.15) is 37.0 Å². The molecule has 1 atom stereocenters. The molecule has 1 aliphatic heterocycles. The second-order valence-corrected chi connectivity index (χ2v) is 10.6. The number of aryl methyl sites for hydroxylation is 1. The van der Waals surface area contributed by atoms with E-state index in [4.69, 9.17) is 16.6 Å². The van der Waals surface area contributed by atoms with Gasteiger partial charge < -0.3 is 4.57 Å². The molecule has 5 rings (SSSR count). The van der Waals surface area contributed by atoms with E-state index in [-0.39, 0.29) is 11.9 Å². The Morgan fingerprint density at radius 2 is 1.75 bits per heavy atom. The Morgan fingerprint density at radius 1 is 1.03 bits per heavy atom. The number of hydrogen-bond donors (Lipinski definition) is 0. The van der Waals surface area contributed by atoms with Crippen LogP contribution in [0, 0.1) is 6.92 Å². The molecule has 2 heterocycles. The number of rotatable bonds is 6. The van der Waals surface area contributed by atoms with E-state index in [9.17, 15) is 4.79 Å². The number of benzene rings is 3. The molecule has 0 aliphatic carbocycles. The SMILES string of the molecule is CC[C@@H](C)N1C(=O)/C(=C\c2cn(Cc3ccc(Cl)cc3)c3ccccc23)SC1=Nc1ccc(C)cc1. The number of aromatic nitrogens is 1. The Kier molecular flexibility index (Phi) is 7.04. The maximum absolute atomic E-state index is 13.6. The van der Waals surface area contributed by atoms with Gasteiger partial charge in [-0.2, -0.15) is 0 Å².